The number of halogens is 3. The number of rotatable bonds is 5. The van der Waals surface area contributed by atoms with Gasteiger partial charge in [-0.15, -0.1) is 0 Å². The van der Waals surface area contributed by atoms with E-state index >= 15 is 0 Å². The summed E-state index contributed by atoms with van der Waals surface area (Å²) in [4.78, 5) is 0. The monoisotopic (exact) mass is 356 g/mol. The maximum atomic E-state index is 13.6. The molecule has 2 aromatic rings. The lowest BCUT2D eigenvalue weighted by atomic mass is 9.82. The molecule has 2 N–H and O–H groups in total. The normalized spacial score (nSPS) is 13.5. The van der Waals surface area contributed by atoms with Gasteiger partial charge in [0.05, 0.1) is 11.4 Å². The lowest BCUT2D eigenvalue weighted by Crippen LogP contribution is -2.22. The van der Waals surface area contributed by atoms with Gasteiger partial charge < -0.3 is 0 Å². The van der Waals surface area contributed by atoms with Crippen LogP contribution in [0, 0.1) is 0 Å². The molecule has 0 aliphatic heterocycles. The Kier molecular flexibility index (Phi) is 5.08. The van der Waals surface area contributed by atoms with Crippen LogP contribution in [0.5, 0.6) is 0 Å². The summed E-state index contributed by atoms with van der Waals surface area (Å²) in [6.07, 6.45) is -2.78. The molecule has 0 saturated carbocycles. The van der Waals surface area contributed by atoms with Gasteiger partial charge in [-0.25, -0.2) is 0 Å². The number of aryl methyl sites for hydroxylation is 2. The molecule has 140 valence electrons. The lowest BCUT2D eigenvalue weighted by Gasteiger charge is -2.23. The van der Waals surface area contributed by atoms with Crippen molar-refractivity contribution < 1.29 is 13.2 Å². The molecule has 0 radical (unpaired) electrons. The molecule has 25 heavy (non-hydrogen) atoms. The molecule has 0 aromatic carbocycles. The number of hydrogen-bond donors (Lipinski definition) is 2. The average molecular weight is 356 g/mol. The number of nitrogens with zero attached hydrogens (tertiary/aromatic N) is 2. The lowest BCUT2D eigenvalue weighted by molar-refractivity contribution is -0.139. The second-order valence-electron chi connectivity index (χ2n) is 8.19. The molecule has 0 atom stereocenters. The zero-order valence-electron chi connectivity index (χ0n) is 15.7. The molecule has 2 aromatic heterocycles. The summed E-state index contributed by atoms with van der Waals surface area (Å²) in [5.41, 5.74) is 0.487. The molecule has 0 fully saturated rings. The van der Waals surface area contributed by atoms with Gasteiger partial charge in [0.25, 0.3) is 0 Å². The first-order valence-corrected chi connectivity index (χ1v) is 8.56. The molecular weight excluding hydrogens is 329 g/mol. The van der Waals surface area contributed by atoms with Crippen LogP contribution < -0.4 is 0 Å². The summed E-state index contributed by atoms with van der Waals surface area (Å²) in [5, 5.41) is 13.9. The fourth-order valence-electron chi connectivity index (χ4n) is 2.86. The molecule has 0 spiro atoms. The second-order valence-corrected chi connectivity index (χ2v) is 8.19. The molecule has 0 saturated heterocycles. The summed E-state index contributed by atoms with van der Waals surface area (Å²) in [7, 11) is 0. The number of nitrogens with one attached hydrogen (secondary N) is 2. The molecule has 0 aliphatic rings. The molecule has 7 heteroatoms. The van der Waals surface area contributed by atoms with Gasteiger partial charge in [-0.05, 0) is 25.3 Å². The van der Waals surface area contributed by atoms with E-state index in [0.29, 0.717) is 6.42 Å². The summed E-state index contributed by atoms with van der Waals surface area (Å²) in [6, 6.07) is 1.98. The van der Waals surface area contributed by atoms with Gasteiger partial charge in [0.2, 0.25) is 0 Å². The van der Waals surface area contributed by atoms with Crippen LogP contribution in [0.15, 0.2) is 6.07 Å². The van der Waals surface area contributed by atoms with Crippen LogP contribution in [0.1, 0.15) is 76.3 Å². The SMILES string of the molecule is CCc1cc(C(C)(C)CCc2[nH]nc(C(C)(C)C)c2C(F)(F)F)n[nH]1. The van der Waals surface area contributed by atoms with E-state index < -0.39 is 17.2 Å². The highest BCUT2D eigenvalue weighted by molar-refractivity contribution is 5.33. The minimum absolute atomic E-state index is 0.0702. The van der Waals surface area contributed by atoms with E-state index in [1.54, 1.807) is 20.8 Å². The molecule has 0 aliphatic carbocycles. The zero-order valence-corrected chi connectivity index (χ0v) is 15.7. The van der Waals surface area contributed by atoms with Crippen molar-refractivity contribution in [1.82, 2.24) is 20.4 Å². The van der Waals surface area contributed by atoms with Crippen LogP contribution in [0.4, 0.5) is 13.2 Å². The standard InChI is InChI=1S/C18H27F3N4/c1-7-11-10-13(24-22-11)17(5,6)9-8-12-14(18(19,20)21)15(25-23-12)16(2,3)4/h10H,7-9H2,1-6H3,(H,22,24)(H,23,25). The molecule has 0 amide bonds. The third-order valence-corrected chi connectivity index (χ3v) is 4.54. The van der Waals surface area contributed by atoms with Crippen molar-refractivity contribution in [2.45, 2.75) is 77.8 Å². The minimum Gasteiger partial charge on any atom is -0.282 e. The third kappa shape index (κ3) is 4.25. The number of aromatic amines is 2. The fraction of sp³-hybridized carbons (Fsp3) is 0.667. The highest BCUT2D eigenvalue weighted by Gasteiger charge is 2.41. The largest absolute Gasteiger partial charge is 0.419 e. The van der Waals surface area contributed by atoms with Crippen LogP contribution in [0.3, 0.4) is 0 Å². The number of hydrogen-bond acceptors (Lipinski definition) is 2. The van der Waals surface area contributed by atoms with Crippen molar-refractivity contribution in [2.24, 2.45) is 0 Å². The smallest absolute Gasteiger partial charge is 0.282 e. The predicted octanol–water partition coefficient (Wildman–Crippen LogP) is 4.92. The maximum Gasteiger partial charge on any atom is 0.419 e. The van der Waals surface area contributed by atoms with Crippen molar-refractivity contribution >= 4 is 0 Å². The highest BCUT2D eigenvalue weighted by Crippen LogP contribution is 2.39. The summed E-state index contributed by atoms with van der Waals surface area (Å²) in [6.45, 7) is 11.2. The topological polar surface area (TPSA) is 57.4 Å². The Morgan fingerprint density at radius 2 is 1.64 bits per heavy atom. The maximum absolute atomic E-state index is 13.6. The van der Waals surface area contributed by atoms with Crippen molar-refractivity contribution in [3.8, 4) is 0 Å². The average Bonchev–Trinajstić information content (AvgIpc) is 3.11. The van der Waals surface area contributed by atoms with Gasteiger partial charge in [0, 0.05) is 22.2 Å². The van der Waals surface area contributed by atoms with Crippen molar-refractivity contribution in [2.75, 3.05) is 0 Å². The van der Waals surface area contributed by atoms with E-state index in [-0.39, 0.29) is 23.2 Å². The molecule has 0 bridgehead atoms. The summed E-state index contributed by atoms with van der Waals surface area (Å²) < 4.78 is 40.8. The number of H-pyrrole nitrogens is 2. The fourth-order valence-corrected chi connectivity index (χ4v) is 2.86. The summed E-state index contributed by atoms with van der Waals surface area (Å²) >= 11 is 0. The van der Waals surface area contributed by atoms with E-state index in [1.807, 2.05) is 26.8 Å². The number of aromatic nitrogens is 4. The van der Waals surface area contributed by atoms with E-state index in [2.05, 4.69) is 20.4 Å². The Hall–Kier alpha value is -1.79. The zero-order chi connectivity index (χ0) is 19.0. The first kappa shape index (κ1) is 19.5. The van der Waals surface area contributed by atoms with Gasteiger partial charge in [0.15, 0.2) is 0 Å². The van der Waals surface area contributed by atoms with Gasteiger partial charge in [-0.2, -0.15) is 23.4 Å². The van der Waals surface area contributed by atoms with Crippen LogP contribution >= 0.6 is 0 Å². The van der Waals surface area contributed by atoms with Crippen LogP contribution in [0.2, 0.25) is 0 Å². The third-order valence-electron chi connectivity index (χ3n) is 4.54. The van der Waals surface area contributed by atoms with Crippen LogP contribution in [-0.2, 0) is 29.8 Å². The van der Waals surface area contributed by atoms with Gasteiger partial charge in [0.1, 0.15) is 5.56 Å². The molecule has 2 heterocycles. The van der Waals surface area contributed by atoms with E-state index in [4.69, 9.17) is 0 Å². The number of alkyl halides is 3. The van der Waals surface area contributed by atoms with E-state index in [1.165, 1.54) is 0 Å². The summed E-state index contributed by atoms with van der Waals surface area (Å²) in [5.74, 6) is 0. The Balaban J connectivity index is 2.27. The van der Waals surface area contributed by atoms with Gasteiger partial charge in [-0.1, -0.05) is 41.5 Å². The Morgan fingerprint density at radius 1 is 1.00 bits per heavy atom. The van der Waals surface area contributed by atoms with Crippen LogP contribution in [-0.4, -0.2) is 20.4 Å². The first-order chi connectivity index (χ1) is 11.4. The second kappa shape index (κ2) is 6.50. The quantitative estimate of drug-likeness (QED) is 0.799. The van der Waals surface area contributed by atoms with Gasteiger partial charge >= 0.3 is 6.18 Å². The minimum atomic E-state index is -4.42. The van der Waals surface area contributed by atoms with Crippen molar-refractivity contribution in [1.29, 1.82) is 0 Å². The predicted molar refractivity (Wildman–Crippen MR) is 91.6 cm³/mol. The van der Waals surface area contributed by atoms with Crippen molar-refractivity contribution in [3.05, 3.63) is 34.4 Å². The molecule has 2 rings (SSSR count). The molecule has 0 unspecified atom stereocenters. The Bertz CT molecular complexity index is 717. The Labute approximate surface area is 146 Å². The first-order valence-electron chi connectivity index (χ1n) is 8.56. The van der Waals surface area contributed by atoms with E-state index in [9.17, 15) is 13.2 Å². The van der Waals surface area contributed by atoms with Crippen LogP contribution in [0.25, 0.3) is 0 Å². The van der Waals surface area contributed by atoms with Crippen molar-refractivity contribution in [3.63, 3.8) is 0 Å². The van der Waals surface area contributed by atoms with E-state index in [0.717, 1.165) is 17.8 Å². The molecular formula is C18H27F3N4. The Morgan fingerprint density at radius 3 is 2.12 bits per heavy atom. The molecule has 4 nitrogen and oxygen atoms in total. The van der Waals surface area contributed by atoms with Gasteiger partial charge in [-0.3, -0.25) is 10.2 Å². The highest BCUT2D eigenvalue weighted by atomic mass is 19.4.